The molecule has 2 aliphatic heterocycles. The van der Waals surface area contributed by atoms with Crippen LogP contribution in [-0.2, 0) is 16.4 Å². The van der Waals surface area contributed by atoms with Crippen molar-refractivity contribution in [2.75, 3.05) is 29.7 Å². The largest absolute Gasteiger partial charge is 0.317 e. The maximum atomic E-state index is 12.9. The normalized spacial score (nSPS) is 23.9. The van der Waals surface area contributed by atoms with Crippen molar-refractivity contribution < 1.29 is 8.42 Å². The van der Waals surface area contributed by atoms with E-state index in [1.165, 1.54) is 0 Å². The minimum atomic E-state index is -3.22. The molecule has 1 aromatic rings. The Morgan fingerprint density at radius 2 is 1.95 bits per heavy atom. The molecule has 5 heteroatoms. The van der Waals surface area contributed by atoms with Crippen molar-refractivity contribution in [2.45, 2.75) is 26.2 Å². The van der Waals surface area contributed by atoms with Crippen LogP contribution in [0.15, 0.2) is 24.3 Å². The fraction of sp³-hybridized carbons (Fsp3) is 0.625. The van der Waals surface area contributed by atoms with Crippen LogP contribution in [0.4, 0.5) is 5.69 Å². The molecule has 2 heterocycles. The zero-order valence-electron chi connectivity index (χ0n) is 12.6. The number of anilines is 1. The highest BCUT2D eigenvalue weighted by atomic mass is 32.2. The van der Waals surface area contributed by atoms with Gasteiger partial charge in [0.2, 0.25) is 10.0 Å². The Bertz CT molecular complexity index is 594. The number of hydrogen-bond acceptors (Lipinski definition) is 3. The molecular weight excluding hydrogens is 284 g/mol. The first-order valence-corrected chi connectivity index (χ1v) is 9.46. The number of piperidine rings is 1. The molecule has 0 bridgehead atoms. The quantitative estimate of drug-likeness (QED) is 0.929. The van der Waals surface area contributed by atoms with Crippen LogP contribution >= 0.6 is 0 Å². The van der Waals surface area contributed by atoms with Gasteiger partial charge in [0.15, 0.2) is 0 Å². The minimum Gasteiger partial charge on any atom is -0.317 e. The lowest BCUT2D eigenvalue weighted by Gasteiger charge is -2.35. The first-order valence-electron chi connectivity index (χ1n) is 7.85. The van der Waals surface area contributed by atoms with Crippen LogP contribution < -0.4 is 9.62 Å². The van der Waals surface area contributed by atoms with Crippen LogP contribution in [0.3, 0.4) is 0 Å². The van der Waals surface area contributed by atoms with E-state index in [1.807, 2.05) is 18.2 Å². The predicted molar refractivity (Wildman–Crippen MR) is 86.0 cm³/mol. The predicted octanol–water partition coefficient (Wildman–Crippen LogP) is 2.01. The summed E-state index contributed by atoms with van der Waals surface area (Å²) >= 11 is 0. The summed E-state index contributed by atoms with van der Waals surface area (Å²) in [5, 5.41) is 3.29. The van der Waals surface area contributed by atoms with E-state index in [4.69, 9.17) is 0 Å². The van der Waals surface area contributed by atoms with Gasteiger partial charge in [-0.05, 0) is 55.8 Å². The molecule has 1 unspecified atom stereocenters. The van der Waals surface area contributed by atoms with Gasteiger partial charge < -0.3 is 5.32 Å². The van der Waals surface area contributed by atoms with Gasteiger partial charge in [0.1, 0.15) is 0 Å². The SMILES string of the molecule is CC1Cc2ccccc2N(S(=O)(=O)CC2CCNCC2)C1. The lowest BCUT2D eigenvalue weighted by atomic mass is 9.96. The first-order chi connectivity index (χ1) is 10.1. The summed E-state index contributed by atoms with van der Waals surface area (Å²) < 4.78 is 27.4. The molecule has 1 aromatic carbocycles. The van der Waals surface area contributed by atoms with Gasteiger partial charge in [-0.25, -0.2) is 8.42 Å². The average Bonchev–Trinajstić information content (AvgIpc) is 2.47. The van der Waals surface area contributed by atoms with Crippen molar-refractivity contribution >= 4 is 15.7 Å². The Kier molecular flexibility index (Phi) is 4.22. The standard InChI is InChI=1S/C16H24N2O2S/c1-13-10-15-4-2-3-5-16(15)18(11-13)21(19,20)12-14-6-8-17-9-7-14/h2-5,13-14,17H,6-12H2,1H3. The van der Waals surface area contributed by atoms with Crippen molar-refractivity contribution in [3.8, 4) is 0 Å². The summed E-state index contributed by atoms with van der Waals surface area (Å²) in [6, 6.07) is 7.93. The first kappa shape index (κ1) is 14.9. The number of hydrogen-bond donors (Lipinski definition) is 1. The molecule has 0 spiro atoms. The second kappa shape index (κ2) is 5.97. The van der Waals surface area contributed by atoms with Crippen LogP contribution in [0, 0.1) is 11.8 Å². The number of nitrogens with zero attached hydrogens (tertiary/aromatic N) is 1. The molecule has 1 atom stereocenters. The van der Waals surface area contributed by atoms with E-state index in [9.17, 15) is 8.42 Å². The van der Waals surface area contributed by atoms with Crippen molar-refractivity contribution in [3.63, 3.8) is 0 Å². The topological polar surface area (TPSA) is 49.4 Å². The van der Waals surface area contributed by atoms with E-state index >= 15 is 0 Å². The lowest BCUT2D eigenvalue weighted by Crippen LogP contribution is -2.43. The van der Waals surface area contributed by atoms with Crippen LogP contribution in [-0.4, -0.2) is 33.8 Å². The Morgan fingerprint density at radius 1 is 1.24 bits per heavy atom. The molecule has 0 radical (unpaired) electrons. The number of sulfonamides is 1. The molecule has 1 saturated heterocycles. The van der Waals surface area contributed by atoms with Gasteiger partial charge in [-0.15, -0.1) is 0 Å². The molecule has 21 heavy (non-hydrogen) atoms. The number of rotatable bonds is 3. The van der Waals surface area contributed by atoms with E-state index < -0.39 is 10.0 Å². The van der Waals surface area contributed by atoms with E-state index in [2.05, 4.69) is 18.3 Å². The van der Waals surface area contributed by atoms with Gasteiger partial charge in [-0.3, -0.25) is 4.31 Å². The molecule has 0 saturated carbocycles. The minimum absolute atomic E-state index is 0.287. The monoisotopic (exact) mass is 308 g/mol. The van der Waals surface area contributed by atoms with Gasteiger partial charge in [0, 0.05) is 6.54 Å². The molecule has 3 rings (SSSR count). The Hall–Kier alpha value is -1.07. The zero-order chi connectivity index (χ0) is 14.9. The third kappa shape index (κ3) is 3.24. The lowest BCUT2D eigenvalue weighted by molar-refractivity contribution is 0.400. The van der Waals surface area contributed by atoms with Crippen LogP contribution in [0.1, 0.15) is 25.3 Å². The van der Waals surface area contributed by atoms with E-state index in [1.54, 1.807) is 4.31 Å². The van der Waals surface area contributed by atoms with Gasteiger partial charge in [-0.2, -0.15) is 0 Å². The van der Waals surface area contributed by atoms with Crippen molar-refractivity contribution in [1.82, 2.24) is 5.32 Å². The zero-order valence-corrected chi connectivity index (χ0v) is 13.4. The van der Waals surface area contributed by atoms with Gasteiger partial charge in [-0.1, -0.05) is 25.1 Å². The average molecular weight is 308 g/mol. The van der Waals surface area contributed by atoms with E-state index in [0.29, 0.717) is 18.4 Å². The van der Waals surface area contributed by atoms with Crippen molar-refractivity contribution in [3.05, 3.63) is 29.8 Å². The Morgan fingerprint density at radius 3 is 2.71 bits per heavy atom. The highest BCUT2D eigenvalue weighted by Gasteiger charge is 2.32. The van der Waals surface area contributed by atoms with Gasteiger partial charge >= 0.3 is 0 Å². The van der Waals surface area contributed by atoms with Crippen LogP contribution in [0.25, 0.3) is 0 Å². The summed E-state index contributed by atoms with van der Waals surface area (Å²) in [6.45, 7) is 4.62. The summed E-state index contributed by atoms with van der Waals surface area (Å²) in [5.41, 5.74) is 2.05. The van der Waals surface area contributed by atoms with E-state index in [0.717, 1.165) is 43.6 Å². The highest BCUT2D eigenvalue weighted by Crippen LogP contribution is 2.32. The maximum Gasteiger partial charge on any atom is 0.235 e. The third-order valence-corrected chi connectivity index (χ3v) is 6.46. The molecule has 0 aromatic heterocycles. The number of para-hydroxylation sites is 1. The van der Waals surface area contributed by atoms with Gasteiger partial charge in [0.25, 0.3) is 0 Å². The molecule has 0 amide bonds. The van der Waals surface area contributed by atoms with Crippen molar-refractivity contribution in [1.29, 1.82) is 0 Å². The second-order valence-corrected chi connectivity index (χ2v) is 8.38. The molecule has 2 aliphatic rings. The van der Waals surface area contributed by atoms with Crippen LogP contribution in [0.2, 0.25) is 0 Å². The summed E-state index contributed by atoms with van der Waals surface area (Å²) in [4.78, 5) is 0. The van der Waals surface area contributed by atoms with Gasteiger partial charge in [0.05, 0.1) is 11.4 Å². The van der Waals surface area contributed by atoms with E-state index in [-0.39, 0.29) is 5.75 Å². The summed E-state index contributed by atoms with van der Waals surface area (Å²) in [6.07, 6.45) is 2.89. The summed E-state index contributed by atoms with van der Waals surface area (Å²) in [7, 11) is -3.22. The molecule has 1 N–H and O–H groups in total. The van der Waals surface area contributed by atoms with Crippen molar-refractivity contribution in [2.24, 2.45) is 11.8 Å². The maximum absolute atomic E-state index is 12.9. The Balaban J connectivity index is 1.84. The molecule has 1 fully saturated rings. The fourth-order valence-corrected chi connectivity index (χ4v) is 5.52. The third-order valence-electron chi connectivity index (χ3n) is 4.55. The Labute approximate surface area is 127 Å². The summed E-state index contributed by atoms with van der Waals surface area (Å²) in [5.74, 6) is 0.957. The number of nitrogens with one attached hydrogen (secondary N) is 1. The van der Waals surface area contributed by atoms with Crippen LogP contribution in [0.5, 0.6) is 0 Å². The second-order valence-electron chi connectivity index (χ2n) is 6.44. The fourth-order valence-electron chi connectivity index (χ4n) is 3.45. The molecule has 0 aliphatic carbocycles. The number of benzene rings is 1. The molecule has 116 valence electrons. The molecular formula is C16H24N2O2S. The number of fused-ring (bicyclic) bond motifs is 1. The highest BCUT2D eigenvalue weighted by molar-refractivity contribution is 7.92. The molecule has 4 nitrogen and oxygen atoms in total. The smallest absolute Gasteiger partial charge is 0.235 e.